The smallest absolute Gasteiger partial charge is 0.169 e. The SMILES string of the molecule is c1ccc(-c2cccc(-n3c4ccccc4c4nc5c6ncccc6n(-c6cccc(-c7ccccn7)n6)c5nc43)n2)nc1. The number of fused-ring (bicyclic) bond motifs is 6. The Morgan fingerprint density at radius 3 is 1.61 bits per heavy atom. The van der Waals surface area contributed by atoms with Gasteiger partial charge in [0.1, 0.15) is 28.2 Å². The van der Waals surface area contributed by atoms with Crippen LogP contribution in [-0.4, -0.2) is 44.0 Å². The number of hydrogen-bond donors (Lipinski definition) is 0. The molecule has 0 fully saturated rings. The summed E-state index contributed by atoms with van der Waals surface area (Å²) >= 11 is 0. The maximum Gasteiger partial charge on any atom is 0.169 e. The van der Waals surface area contributed by atoms with E-state index in [0.29, 0.717) is 22.6 Å². The maximum atomic E-state index is 5.32. The number of rotatable bonds is 4. The predicted octanol–water partition coefficient (Wildman–Crippen LogP) is 6.98. The molecule has 0 unspecified atom stereocenters. The van der Waals surface area contributed by atoms with Gasteiger partial charge >= 0.3 is 0 Å². The zero-order valence-corrected chi connectivity index (χ0v) is 23.1. The summed E-state index contributed by atoms with van der Waals surface area (Å²) in [6, 6.07) is 35.6. The predicted molar refractivity (Wildman–Crippen MR) is 171 cm³/mol. The van der Waals surface area contributed by atoms with E-state index in [9.17, 15) is 0 Å². The van der Waals surface area contributed by atoms with Gasteiger partial charge in [-0.3, -0.25) is 24.1 Å². The first-order valence-corrected chi connectivity index (χ1v) is 14.2. The van der Waals surface area contributed by atoms with E-state index in [-0.39, 0.29) is 0 Å². The van der Waals surface area contributed by atoms with Crippen LogP contribution in [0.25, 0.3) is 78.7 Å². The van der Waals surface area contributed by atoms with Gasteiger partial charge in [0.05, 0.1) is 33.8 Å². The van der Waals surface area contributed by atoms with Gasteiger partial charge in [0.25, 0.3) is 0 Å². The Labute approximate surface area is 250 Å². The van der Waals surface area contributed by atoms with Crippen molar-refractivity contribution >= 4 is 44.3 Å². The van der Waals surface area contributed by atoms with Gasteiger partial charge in [-0.15, -0.1) is 0 Å². The van der Waals surface area contributed by atoms with Crippen molar-refractivity contribution < 1.29 is 0 Å². The normalized spacial score (nSPS) is 11.6. The van der Waals surface area contributed by atoms with Crippen LogP contribution in [0.15, 0.2) is 128 Å². The molecule has 0 spiro atoms. The van der Waals surface area contributed by atoms with E-state index in [0.717, 1.165) is 56.0 Å². The number of aromatic nitrogens is 9. The third-order valence-corrected chi connectivity index (χ3v) is 7.72. The average molecular weight is 568 g/mol. The lowest BCUT2D eigenvalue weighted by atomic mass is 10.2. The molecule has 1 aromatic carbocycles. The standard InChI is InChI=1S/C35H21N9/c1-2-15-27-22(10-1)31-34(43(27)29-17-7-13-25(39-29)23-11-3-5-19-36-23)42-35-33(41-31)32-28(16-9-21-38-32)44(35)30-18-8-14-26(40-30)24-12-4-6-20-37-24/h1-21H. The molecular formula is C35H21N9. The van der Waals surface area contributed by atoms with Crippen LogP contribution in [0.5, 0.6) is 0 Å². The van der Waals surface area contributed by atoms with Crippen molar-refractivity contribution in [3.05, 3.63) is 128 Å². The number of benzene rings is 1. The van der Waals surface area contributed by atoms with E-state index in [1.165, 1.54) is 0 Å². The van der Waals surface area contributed by atoms with Crippen LogP contribution in [0.2, 0.25) is 0 Å². The molecule has 0 radical (unpaired) electrons. The summed E-state index contributed by atoms with van der Waals surface area (Å²) in [4.78, 5) is 34.4. The van der Waals surface area contributed by atoms with E-state index in [1.54, 1.807) is 18.6 Å². The molecule has 8 aromatic heterocycles. The van der Waals surface area contributed by atoms with Crippen LogP contribution < -0.4 is 0 Å². The fourth-order valence-electron chi connectivity index (χ4n) is 5.80. The van der Waals surface area contributed by atoms with Gasteiger partial charge < -0.3 is 0 Å². The monoisotopic (exact) mass is 567 g/mol. The summed E-state index contributed by atoms with van der Waals surface area (Å²) in [7, 11) is 0. The van der Waals surface area contributed by atoms with E-state index in [4.69, 9.17) is 24.9 Å². The van der Waals surface area contributed by atoms with E-state index in [1.807, 2.05) is 102 Å². The van der Waals surface area contributed by atoms with Crippen molar-refractivity contribution in [2.24, 2.45) is 0 Å². The molecule has 9 heteroatoms. The summed E-state index contributed by atoms with van der Waals surface area (Å²) in [5, 5.41) is 0.981. The summed E-state index contributed by atoms with van der Waals surface area (Å²) in [5.41, 5.74) is 8.54. The van der Waals surface area contributed by atoms with Crippen LogP contribution in [0.3, 0.4) is 0 Å². The van der Waals surface area contributed by atoms with Gasteiger partial charge in [-0.25, -0.2) is 19.9 Å². The molecule has 206 valence electrons. The van der Waals surface area contributed by atoms with Crippen molar-refractivity contribution in [1.82, 2.24) is 44.0 Å². The highest BCUT2D eigenvalue weighted by molar-refractivity contribution is 6.11. The van der Waals surface area contributed by atoms with E-state index < -0.39 is 0 Å². The molecule has 0 aliphatic carbocycles. The Hall–Kier alpha value is -6.35. The fraction of sp³-hybridized carbons (Fsp3) is 0. The molecule has 0 saturated carbocycles. The Kier molecular flexibility index (Phi) is 5.30. The Morgan fingerprint density at radius 2 is 0.932 bits per heavy atom. The molecule has 0 amide bonds. The molecule has 0 aliphatic rings. The number of pyridine rings is 5. The number of para-hydroxylation sites is 1. The molecule has 8 heterocycles. The molecule has 9 aromatic rings. The van der Waals surface area contributed by atoms with Crippen molar-refractivity contribution in [3.8, 4) is 34.4 Å². The molecule has 9 rings (SSSR count). The molecular weight excluding hydrogens is 546 g/mol. The Morgan fingerprint density at radius 1 is 0.364 bits per heavy atom. The first-order chi connectivity index (χ1) is 21.8. The van der Waals surface area contributed by atoms with Crippen LogP contribution in [0.4, 0.5) is 0 Å². The van der Waals surface area contributed by atoms with Gasteiger partial charge in [-0.1, -0.05) is 42.5 Å². The summed E-state index contributed by atoms with van der Waals surface area (Å²) < 4.78 is 4.09. The Balaban J connectivity index is 1.35. The summed E-state index contributed by atoms with van der Waals surface area (Å²) in [6.45, 7) is 0. The Bertz CT molecular complexity index is 2330. The first-order valence-electron chi connectivity index (χ1n) is 14.2. The second-order valence-electron chi connectivity index (χ2n) is 10.3. The highest BCUT2D eigenvalue weighted by atomic mass is 15.2. The van der Waals surface area contributed by atoms with Crippen LogP contribution in [0.1, 0.15) is 0 Å². The van der Waals surface area contributed by atoms with Crippen molar-refractivity contribution in [3.63, 3.8) is 0 Å². The third-order valence-electron chi connectivity index (χ3n) is 7.72. The van der Waals surface area contributed by atoms with Crippen LogP contribution in [-0.2, 0) is 0 Å². The molecule has 0 saturated heterocycles. The topological polar surface area (TPSA) is 100 Å². The highest BCUT2D eigenvalue weighted by Gasteiger charge is 2.22. The zero-order valence-electron chi connectivity index (χ0n) is 23.1. The third kappa shape index (κ3) is 3.69. The molecule has 0 atom stereocenters. The van der Waals surface area contributed by atoms with Crippen molar-refractivity contribution in [2.75, 3.05) is 0 Å². The summed E-state index contributed by atoms with van der Waals surface area (Å²) in [6.07, 6.45) is 5.33. The lowest BCUT2D eigenvalue weighted by molar-refractivity contribution is 1.03. The lowest BCUT2D eigenvalue weighted by Gasteiger charge is -2.09. The van der Waals surface area contributed by atoms with Gasteiger partial charge in [0.15, 0.2) is 11.3 Å². The zero-order chi connectivity index (χ0) is 29.0. The molecule has 44 heavy (non-hydrogen) atoms. The van der Waals surface area contributed by atoms with Gasteiger partial charge in [-0.2, -0.15) is 0 Å². The van der Waals surface area contributed by atoms with Gasteiger partial charge in [-0.05, 0) is 66.7 Å². The molecule has 0 aliphatic heterocycles. The fourth-order valence-corrected chi connectivity index (χ4v) is 5.80. The average Bonchev–Trinajstić information content (AvgIpc) is 3.60. The minimum Gasteiger partial charge on any atom is -0.276 e. The van der Waals surface area contributed by atoms with Crippen molar-refractivity contribution in [1.29, 1.82) is 0 Å². The number of nitrogens with zero attached hydrogens (tertiary/aromatic N) is 9. The molecule has 0 bridgehead atoms. The lowest BCUT2D eigenvalue weighted by Crippen LogP contribution is -2.03. The highest BCUT2D eigenvalue weighted by Crippen LogP contribution is 2.35. The minimum atomic E-state index is 0.654. The minimum absolute atomic E-state index is 0.654. The quantitative estimate of drug-likeness (QED) is 0.226. The van der Waals surface area contributed by atoms with Crippen molar-refractivity contribution in [2.45, 2.75) is 0 Å². The molecule has 0 N–H and O–H groups in total. The largest absolute Gasteiger partial charge is 0.276 e. The van der Waals surface area contributed by atoms with E-state index in [2.05, 4.69) is 26.7 Å². The van der Waals surface area contributed by atoms with Gasteiger partial charge in [0.2, 0.25) is 0 Å². The van der Waals surface area contributed by atoms with E-state index >= 15 is 0 Å². The summed E-state index contributed by atoms with van der Waals surface area (Å²) in [5.74, 6) is 1.43. The van der Waals surface area contributed by atoms with Crippen LogP contribution in [0, 0.1) is 0 Å². The molecule has 9 nitrogen and oxygen atoms in total. The van der Waals surface area contributed by atoms with Gasteiger partial charge in [0, 0.05) is 24.0 Å². The van der Waals surface area contributed by atoms with Crippen LogP contribution >= 0.6 is 0 Å². The maximum absolute atomic E-state index is 5.32. The second kappa shape index (κ2) is 9.60. The second-order valence-corrected chi connectivity index (χ2v) is 10.3. The number of hydrogen-bond acceptors (Lipinski definition) is 7. The first kappa shape index (κ1) is 24.3.